The maximum Gasteiger partial charge on any atom is 0.164 e. The second-order valence-corrected chi connectivity index (χ2v) is 18.6. The molecule has 9 heteroatoms. The van der Waals surface area contributed by atoms with E-state index in [4.69, 9.17) is 29.9 Å². The molecule has 264 valence electrons. The summed E-state index contributed by atoms with van der Waals surface area (Å²) >= 11 is 2.35. The van der Waals surface area contributed by atoms with Crippen LogP contribution in [0.3, 0.4) is 0 Å². The summed E-state index contributed by atoms with van der Waals surface area (Å²) < 4.78 is 1.10. The van der Waals surface area contributed by atoms with Gasteiger partial charge in [0.05, 0.1) is 0 Å². The lowest BCUT2D eigenvalue weighted by Gasteiger charge is -2.19. The van der Waals surface area contributed by atoms with Crippen molar-refractivity contribution in [3.63, 3.8) is 0 Å². The molecule has 0 radical (unpaired) electrons. The van der Waals surface area contributed by atoms with E-state index in [9.17, 15) is 0 Å². The van der Waals surface area contributed by atoms with E-state index in [0.717, 1.165) is 47.4 Å². The molecule has 8 bridgehead atoms. The van der Waals surface area contributed by atoms with Crippen molar-refractivity contribution in [3.8, 4) is 45.6 Å². The molecule has 4 aromatic carbocycles. The van der Waals surface area contributed by atoms with Gasteiger partial charge in [0.15, 0.2) is 23.3 Å². The molecule has 3 aromatic heterocycles. The third-order valence-corrected chi connectivity index (χ3v) is 11.1. The largest absolute Gasteiger partial charge is 0.324 e. The number of aromatic nitrogens is 8. The Morgan fingerprint density at radius 1 is 0.377 bits per heavy atom. The van der Waals surface area contributed by atoms with Crippen LogP contribution >= 0.6 is 22.6 Å². The highest BCUT2D eigenvalue weighted by Gasteiger charge is 2.26. The molecule has 0 fully saturated rings. The molecular weight excluding hydrogens is 767 g/mol. The lowest BCUT2D eigenvalue weighted by molar-refractivity contribution is 0.590. The first-order chi connectivity index (χ1) is 25.0. The number of hydrogen-bond acceptors (Lipinski definition) is 6. The van der Waals surface area contributed by atoms with Crippen molar-refractivity contribution >= 4 is 66.7 Å². The van der Waals surface area contributed by atoms with Gasteiger partial charge in [-0.3, -0.25) is 0 Å². The normalized spacial score (nSPS) is 13.1. The molecule has 0 saturated carbocycles. The highest BCUT2D eigenvalue weighted by molar-refractivity contribution is 14.1. The number of rotatable bonds is 0. The van der Waals surface area contributed by atoms with Gasteiger partial charge in [0.2, 0.25) is 0 Å². The van der Waals surface area contributed by atoms with Gasteiger partial charge in [0.25, 0.3) is 0 Å². The predicted octanol–water partition coefficient (Wildman–Crippen LogP) is 11.4. The van der Waals surface area contributed by atoms with Gasteiger partial charge < -0.3 is 9.97 Å². The fourth-order valence-corrected chi connectivity index (χ4v) is 7.66. The van der Waals surface area contributed by atoms with E-state index in [1.54, 1.807) is 0 Å². The Balaban J connectivity index is 1.47. The Labute approximate surface area is 322 Å². The molecule has 2 aliphatic rings. The van der Waals surface area contributed by atoms with Gasteiger partial charge in [-0.15, -0.1) is 0 Å². The van der Waals surface area contributed by atoms with E-state index < -0.39 is 0 Å². The molecule has 0 spiro atoms. The molecule has 7 aromatic rings. The highest BCUT2D eigenvalue weighted by atomic mass is 127. The number of aromatic amines is 2. The third kappa shape index (κ3) is 5.71. The van der Waals surface area contributed by atoms with Gasteiger partial charge in [-0.1, -0.05) is 98.7 Å². The van der Waals surface area contributed by atoms with E-state index >= 15 is 0 Å². The van der Waals surface area contributed by atoms with Crippen molar-refractivity contribution in [3.05, 3.63) is 93.1 Å². The number of fused-ring (bicyclic) bond motifs is 20. The number of nitrogens with one attached hydrogen (secondary N) is 2. The summed E-state index contributed by atoms with van der Waals surface area (Å²) in [6.45, 7) is 20.0. The van der Waals surface area contributed by atoms with Crippen LogP contribution in [-0.2, 0) is 16.2 Å². The van der Waals surface area contributed by atoms with E-state index in [0.29, 0.717) is 45.9 Å². The van der Waals surface area contributed by atoms with E-state index in [2.05, 4.69) is 168 Å². The fourth-order valence-electron chi connectivity index (χ4n) is 7.17. The smallest absolute Gasteiger partial charge is 0.164 e. The van der Waals surface area contributed by atoms with Crippen LogP contribution in [0.2, 0.25) is 0 Å². The molecule has 5 heterocycles. The zero-order valence-corrected chi connectivity index (χ0v) is 33.6. The fraction of sp³-hybridized carbons (Fsp3) is 0.273. The first-order valence-electron chi connectivity index (χ1n) is 18.1. The van der Waals surface area contributed by atoms with Crippen LogP contribution in [0, 0.1) is 3.57 Å². The van der Waals surface area contributed by atoms with Crippen LogP contribution in [0.5, 0.6) is 0 Å². The summed E-state index contributed by atoms with van der Waals surface area (Å²) in [4.78, 5) is 38.5. The summed E-state index contributed by atoms with van der Waals surface area (Å²) in [6, 6.07) is 26.0. The quantitative estimate of drug-likeness (QED) is 0.148. The van der Waals surface area contributed by atoms with Gasteiger partial charge in [-0.2, -0.15) is 0 Å². The van der Waals surface area contributed by atoms with Gasteiger partial charge in [-0.05, 0) is 91.9 Å². The maximum atomic E-state index is 5.29. The highest BCUT2D eigenvalue weighted by Crippen LogP contribution is 2.40. The minimum atomic E-state index is -0.0613. The number of nitrogens with zero attached hydrogens (tertiary/aromatic N) is 6. The van der Waals surface area contributed by atoms with Crippen molar-refractivity contribution in [2.24, 2.45) is 0 Å². The second-order valence-electron chi connectivity index (χ2n) is 17.3. The topological polar surface area (TPSA) is 109 Å². The maximum absolute atomic E-state index is 5.29. The van der Waals surface area contributed by atoms with Crippen LogP contribution < -0.4 is 0 Å². The molecule has 8 nitrogen and oxygen atoms in total. The molecule has 2 aliphatic heterocycles. The van der Waals surface area contributed by atoms with Gasteiger partial charge >= 0.3 is 0 Å². The van der Waals surface area contributed by atoms with E-state index in [1.807, 2.05) is 0 Å². The Morgan fingerprint density at radius 2 is 0.736 bits per heavy atom. The first kappa shape index (κ1) is 33.8. The molecule has 0 unspecified atom stereocenters. The van der Waals surface area contributed by atoms with Gasteiger partial charge in [0, 0.05) is 47.4 Å². The summed E-state index contributed by atoms with van der Waals surface area (Å²) in [6.07, 6.45) is 0. The zero-order valence-electron chi connectivity index (χ0n) is 31.5. The number of benzene rings is 4. The van der Waals surface area contributed by atoms with Crippen molar-refractivity contribution < 1.29 is 0 Å². The van der Waals surface area contributed by atoms with Crippen molar-refractivity contribution in [2.45, 2.75) is 78.6 Å². The first-order valence-corrected chi connectivity index (χ1v) is 19.2. The van der Waals surface area contributed by atoms with Gasteiger partial charge in [0.1, 0.15) is 22.6 Å². The average molecular weight is 809 g/mol. The average Bonchev–Trinajstić information content (AvgIpc) is 3.81. The summed E-state index contributed by atoms with van der Waals surface area (Å²) in [5.74, 6) is 2.42. The summed E-state index contributed by atoms with van der Waals surface area (Å²) in [7, 11) is 0. The summed E-state index contributed by atoms with van der Waals surface area (Å²) in [5, 5.41) is 3.87. The van der Waals surface area contributed by atoms with E-state index in [-0.39, 0.29) is 16.2 Å². The molecule has 2 N–H and O–H groups in total. The van der Waals surface area contributed by atoms with Crippen molar-refractivity contribution in [1.29, 1.82) is 0 Å². The Morgan fingerprint density at radius 3 is 1.19 bits per heavy atom. The number of H-pyrrole nitrogens is 2. The minimum Gasteiger partial charge on any atom is -0.324 e. The predicted molar refractivity (Wildman–Crippen MR) is 225 cm³/mol. The lowest BCUT2D eigenvalue weighted by Crippen LogP contribution is -2.10. The molecule has 0 saturated heterocycles. The van der Waals surface area contributed by atoms with Crippen LogP contribution in [0.25, 0.3) is 89.7 Å². The molecular formula is C44H41IN8. The zero-order chi connectivity index (χ0) is 37.2. The van der Waals surface area contributed by atoms with Crippen LogP contribution in [0.4, 0.5) is 0 Å². The van der Waals surface area contributed by atoms with Gasteiger partial charge in [-0.25, -0.2) is 29.9 Å². The van der Waals surface area contributed by atoms with Crippen LogP contribution in [0.15, 0.2) is 72.8 Å². The second kappa shape index (κ2) is 11.5. The molecule has 0 atom stereocenters. The molecule has 0 aliphatic carbocycles. The minimum absolute atomic E-state index is 0.0608. The molecule has 0 amide bonds. The molecule has 9 rings (SSSR count). The Bertz CT molecular complexity index is 2840. The van der Waals surface area contributed by atoms with Crippen molar-refractivity contribution in [2.75, 3.05) is 0 Å². The standard InChI is InChI=1S/C44H41IN8/c1-42(2,3)22-10-14-26-30(18-22)38-46-34(26)48-39-32-20-24(44(7,8)9)12-16-28(32)36(50-39)52-41-33-21-25(45)13-17-29(33)37(53-41)51-40-31-19-23(43(4,5)6)11-15-27(31)35(47-38)49-40/h10-21H,1-9H3,(H2,46,47,48,49,50,51,52,53). The van der Waals surface area contributed by atoms with E-state index in [1.165, 1.54) is 16.7 Å². The third-order valence-electron chi connectivity index (χ3n) is 10.4. The molecule has 53 heavy (non-hydrogen) atoms. The Kier molecular flexibility index (Phi) is 7.32. The SMILES string of the molecule is CC(C)(C)c1ccc2c(c1)-c1nc-2nc2[nH]c(nc3nc(nc4[nH]c(n1)c1ccc(I)cc41)-c1ccc(C(C)(C)C)cc1-3)c1ccc(C(C)(C)C)cc21. The van der Waals surface area contributed by atoms with Crippen LogP contribution in [-0.4, -0.2) is 39.9 Å². The lowest BCUT2D eigenvalue weighted by atomic mass is 9.85. The summed E-state index contributed by atoms with van der Waals surface area (Å²) in [5.41, 5.74) is 9.97. The number of hydrogen-bond donors (Lipinski definition) is 2. The Hall–Kier alpha value is -5.03. The number of halogens is 1. The van der Waals surface area contributed by atoms with Crippen LogP contribution in [0.1, 0.15) is 79.0 Å². The monoisotopic (exact) mass is 808 g/mol. The van der Waals surface area contributed by atoms with Crippen molar-refractivity contribution in [1.82, 2.24) is 39.9 Å².